The molecule has 0 unspecified atom stereocenters. The molecule has 1 aromatic heterocycles. The Morgan fingerprint density at radius 3 is 2.47 bits per heavy atom. The maximum Gasteiger partial charge on any atom is 0.305 e. The minimum atomic E-state index is -0.695. The second-order valence-electron chi connectivity index (χ2n) is 9.19. The smallest absolute Gasteiger partial charge is 0.305 e. The first kappa shape index (κ1) is 25.4. The molecule has 1 saturated heterocycles. The van der Waals surface area contributed by atoms with Crippen LogP contribution in [0.2, 0.25) is 5.02 Å². The quantitative estimate of drug-likeness (QED) is 0.255. The normalized spacial score (nSPS) is 20.4. The molecule has 6 nitrogen and oxygen atoms in total. The molecule has 0 bridgehead atoms. The van der Waals surface area contributed by atoms with Crippen LogP contribution in [-0.2, 0) is 16.2 Å². The fourth-order valence-corrected chi connectivity index (χ4v) is 7.95. The molecule has 192 valence electrons. The van der Waals surface area contributed by atoms with Crippen LogP contribution in [0.4, 0.5) is 5.69 Å². The van der Waals surface area contributed by atoms with Crippen LogP contribution in [-0.4, -0.2) is 22.0 Å². The van der Waals surface area contributed by atoms with E-state index < -0.39 is 17.1 Å². The van der Waals surface area contributed by atoms with Crippen LogP contribution in [0.15, 0.2) is 81.0 Å². The molecule has 4 aromatic rings. The zero-order valence-electron chi connectivity index (χ0n) is 19.9. The summed E-state index contributed by atoms with van der Waals surface area (Å²) in [7, 11) is 0. The van der Waals surface area contributed by atoms with Gasteiger partial charge in [0.05, 0.1) is 16.6 Å². The molecule has 2 aliphatic rings. The van der Waals surface area contributed by atoms with Gasteiger partial charge in [-0.1, -0.05) is 80.5 Å². The van der Waals surface area contributed by atoms with Gasteiger partial charge in [-0.25, -0.2) is 4.90 Å². The monoisotopic (exact) mass is 626 g/mol. The first-order valence-electron chi connectivity index (χ1n) is 11.8. The third-order valence-corrected chi connectivity index (χ3v) is 9.88. The van der Waals surface area contributed by atoms with Gasteiger partial charge in [-0.15, -0.1) is 0 Å². The number of benzene rings is 3. The van der Waals surface area contributed by atoms with Gasteiger partial charge >= 0.3 is 4.87 Å². The summed E-state index contributed by atoms with van der Waals surface area (Å²) in [5.74, 6) is -1.21. The number of nitrogens with one attached hydrogen (secondary N) is 1. The summed E-state index contributed by atoms with van der Waals surface area (Å²) in [5, 5.41) is 0.595. The SMILES string of the molecule is Cc1ccc(N2C(=O)[C@H]3[C@H](c4cc(Br)ccc4OCc4ccc(Cl)cc4)c4sc(=O)[nH]c4S[C@H]3C2=O)cc1. The van der Waals surface area contributed by atoms with E-state index in [9.17, 15) is 14.4 Å². The topological polar surface area (TPSA) is 79.5 Å². The Morgan fingerprint density at radius 2 is 1.74 bits per heavy atom. The Morgan fingerprint density at radius 1 is 1.00 bits per heavy atom. The number of halogens is 2. The minimum Gasteiger partial charge on any atom is -0.489 e. The number of hydrogen-bond donors (Lipinski definition) is 1. The molecule has 1 N–H and O–H groups in total. The molecule has 6 rings (SSSR count). The number of carbonyl (C=O) groups excluding carboxylic acids is 2. The van der Waals surface area contributed by atoms with E-state index in [1.807, 2.05) is 49.4 Å². The number of fused-ring (bicyclic) bond motifs is 2. The third kappa shape index (κ3) is 4.51. The molecule has 0 spiro atoms. The lowest BCUT2D eigenvalue weighted by atomic mass is 9.82. The number of imide groups is 1. The van der Waals surface area contributed by atoms with Crippen molar-refractivity contribution in [2.75, 3.05) is 4.90 Å². The average molecular weight is 628 g/mol. The summed E-state index contributed by atoms with van der Waals surface area (Å²) in [6.45, 7) is 2.25. The number of hydrogen-bond acceptors (Lipinski definition) is 6. The number of carbonyl (C=O) groups is 2. The molecule has 0 aliphatic carbocycles. The van der Waals surface area contributed by atoms with Crippen molar-refractivity contribution in [1.29, 1.82) is 0 Å². The van der Waals surface area contributed by atoms with Gasteiger partial charge in [0.2, 0.25) is 11.8 Å². The lowest BCUT2D eigenvalue weighted by Crippen LogP contribution is -2.32. The molecule has 0 saturated carbocycles. The molecule has 3 aromatic carbocycles. The molecule has 2 aliphatic heterocycles. The highest BCUT2D eigenvalue weighted by atomic mass is 79.9. The molecular formula is C28H20BrClN2O4S2. The predicted octanol–water partition coefficient (Wildman–Crippen LogP) is 6.54. The summed E-state index contributed by atoms with van der Waals surface area (Å²) in [4.78, 5) is 44.8. The lowest BCUT2D eigenvalue weighted by Gasteiger charge is -2.31. The van der Waals surface area contributed by atoms with E-state index in [0.717, 1.165) is 37.4 Å². The molecule has 3 heterocycles. The maximum absolute atomic E-state index is 14.0. The van der Waals surface area contributed by atoms with E-state index in [4.69, 9.17) is 16.3 Å². The molecule has 38 heavy (non-hydrogen) atoms. The number of thioether (sulfide) groups is 1. The van der Waals surface area contributed by atoms with Gasteiger partial charge in [-0.2, -0.15) is 0 Å². The molecule has 10 heteroatoms. The zero-order valence-corrected chi connectivity index (χ0v) is 23.9. The highest BCUT2D eigenvalue weighted by molar-refractivity contribution is 9.10. The summed E-state index contributed by atoms with van der Waals surface area (Å²) in [5.41, 5.74) is 3.26. The van der Waals surface area contributed by atoms with Crippen LogP contribution in [0, 0.1) is 12.8 Å². The second-order valence-corrected chi connectivity index (χ2v) is 12.7. The van der Waals surface area contributed by atoms with E-state index >= 15 is 0 Å². The second kappa shape index (κ2) is 10.0. The molecule has 0 radical (unpaired) electrons. The van der Waals surface area contributed by atoms with E-state index in [2.05, 4.69) is 20.9 Å². The number of rotatable bonds is 5. The number of thiazole rings is 1. The number of aryl methyl sites for hydroxylation is 1. The van der Waals surface area contributed by atoms with Crippen molar-refractivity contribution >= 4 is 68.1 Å². The summed E-state index contributed by atoms with van der Waals surface area (Å²) < 4.78 is 7.07. The van der Waals surface area contributed by atoms with Gasteiger partial charge in [-0.05, 0) is 55.0 Å². The predicted molar refractivity (Wildman–Crippen MR) is 154 cm³/mol. The molecular weight excluding hydrogens is 608 g/mol. The highest BCUT2D eigenvalue weighted by Crippen LogP contribution is 2.54. The van der Waals surface area contributed by atoms with E-state index in [1.54, 1.807) is 24.3 Å². The highest BCUT2D eigenvalue weighted by Gasteiger charge is 2.56. The van der Waals surface area contributed by atoms with Crippen molar-refractivity contribution in [3.05, 3.63) is 107 Å². The number of H-pyrrole nitrogens is 1. The van der Waals surface area contributed by atoms with Gasteiger partial charge in [0.1, 0.15) is 17.6 Å². The Bertz CT molecular complexity index is 1620. The fourth-order valence-electron chi connectivity index (χ4n) is 4.94. The Hall–Kier alpha value is -2.85. The summed E-state index contributed by atoms with van der Waals surface area (Å²) in [6, 6.07) is 20.4. The molecule has 1 fully saturated rings. The van der Waals surface area contributed by atoms with Crippen LogP contribution in [0.1, 0.15) is 27.5 Å². The van der Waals surface area contributed by atoms with Crippen LogP contribution < -0.4 is 14.5 Å². The van der Waals surface area contributed by atoms with Crippen LogP contribution in [0.25, 0.3) is 0 Å². The standard InChI is InChI=1S/C28H20BrClN2O4S2/c1-14-2-9-18(10-3-14)32-26(33)22-21(23-25(31-28(35)38-23)37-24(22)27(32)34)19-12-16(29)6-11-20(19)36-13-15-4-7-17(30)8-5-15/h2-12,21-22,24H,13H2,1H3,(H,31,35)/t21-,22-,24+/m0/s1. The van der Waals surface area contributed by atoms with Gasteiger partial charge < -0.3 is 9.72 Å². The number of ether oxygens (including phenoxy) is 1. The maximum atomic E-state index is 14.0. The van der Waals surface area contributed by atoms with Gasteiger partial charge in [0.25, 0.3) is 0 Å². The number of aromatic amines is 1. The molecule has 2 amide bonds. The average Bonchev–Trinajstić information content (AvgIpc) is 3.39. The van der Waals surface area contributed by atoms with Crippen LogP contribution >= 0.6 is 50.6 Å². The van der Waals surface area contributed by atoms with Crippen molar-refractivity contribution < 1.29 is 14.3 Å². The van der Waals surface area contributed by atoms with E-state index in [1.165, 1.54) is 16.7 Å². The Kier molecular flexibility index (Phi) is 6.72. The summed E-state index contributed by atoms with van der Waals surface area (Å²) >= 11 is 11.9. The van der Waals surface area contributed by atoms with E-state index in [-0.39, 0.29) is 16.7 Å². The van der Waals surface area contributed by atoms with Crippen molar-refractivity contribution in [3.63, 3.8) is 0 Å². The first-order chi connectivity index (χ1) is 18.3. The minimum absolute atomic E-state index is 0.221. The summed E-state index contributed by atoms with van der Waals surface area (Å²) in [6.07, 6.45) is 0. The van der Waals surface area contributed by atoms with E-state index in [0.29, 0.717) is 28.1 Å². The van der Waals surface area contributed by atoms with Crippen LogP contribution in [0.5, 0.6) is 5.75 Å². The van der Waals surface area contributed by atoms with Gasteiger partial charge in [-0.3, -0.25) is 14.4 Å². The Labute approximate surface area is 240 Å². The largest absolute Gasteiger partial charge is 0.489 e. The first-order valence-corrected chi connectivity index (χ1v) is 14.7. The van der Waals surface area contributed by atoms with Crippen molar-refractivity contribution in [3.8, 4) is 5.75 Å². The number of anilines is 1. The Balaban J connectivity index is 1.44. The number of amides is 2. The van der Waals surface area contributed by atoms with Crippen molar-refractivity contribution in [2.45, 2.75) is 29.7 Å². The molecule has 3 atom stereocenters. The van der Waals surface area contributed by atoms with Crippen LogP contribution in [0.3, 0.4) is 0 Å². The fraction of sp³-hybridized carbons (Fsp3) is 0.179. The van der Waals surface area contributed by atoms with Gasteiger partial charge in [0, 0.05) is 25.9 Å². The number of aromatic nitrogens is 1. The number of nitrogens with zero attached hydrogens (tertiary/aromatic N) is 1. The zero-order chi connectivity index (χ0) is 26.6. The third-order valence-electron chi connectivity index (χ3n) is 6.73. The lowest BCUT2D eigenvalue weighted by molar-refractivity contribution is -0.122. The van der Waals surface area contributed by atoms with Gasteiger partial charge in [0.15, 0.2) is 0 Å². The van der Waals surface area contributed by atoms with Crippen molar-refractivity contribution in [1.82, 2.24) is 4.98 Å². The van der Waals surface area contributed by atoms with Crippen molar-refractivity contribution in [2.24, 2.45) is 5.92 Å².